The van der Waals surface area contributed by atoms with Crippen LogP contribution in [0.2, 0.25) is 0 Å². The molecule has 0 bridgehead atoms. The molecule has 1 aliphatic rings. The molecule has 0 unspecified atom stereocenters. The van der Waals surface area contributed by atoms with Crippen LogP contribution in [0.3, 0.4) is 0 Å². The predicted molar refractivity (Wildman–Crippen MR) is 151 cm³/mol. The molecule has 12 heteroatoms. The van der Waals surface area contributed by atoms with Gasteiger partial charge in [0, 0.05) is 25.5 Å². The van der Waals surface area contributed by atoms with Gasteiger partial charge < -0.3 is 9.64 Å². The van der Waals surface area contributed by atoms with Gasteiger partial charge in [0.05, 0.1) is 19.1 Å². The van der Waals surface area contributed by atoms with Crippen LogP contribution in [0.1, 0.15) is 50.8 Å². The number of carbonyl (C=O) groups excluding carboxylic acids is 2. The highest BCUT2D eigenvalue weighted by Crippen LogP contribution is 2.50. The molecule has 9 nitrogen and oxygen atoms in total. The van der Waals surface area contributed by atoms with Crippen LogP contribution < -0.4 is 9.46 Å². The van der Waals surface area contributed by atoms with E-state index in [0.717, 1.165) is 28.3 Å². The van der Waals surface area contributed by atoms with Crippen molar-refractivity contribution >= 4 is 33.4 Å². The Balaban J connectivity index is 1.55. The predicted octanol–water partition coefficient (Wildman–Crippen LogP) is 3.83. The van der Waals surface area contributed by atoms with E-state index in [1.165, 1.54) is 37.6 Å². The number of aromatic nitrogens is 1. The average molecular weight is 589 g/mol. The number of aryl methyl sites for hydroxylation is 2. The monoisotopic (exact) mass is 588 g/mol. The molecule has 1 fully saturated rings. The molecule has 3 aromatic rings. The number of methoxy groups -OCH3 is 1. The number of carbonyl (C=O) groups is 2. The Hall–Kier alpha value is -3.35. The van der Waals surface area contributed by atoms with E-state index in [2.05, 4.69) is 4.98 Å². The van der Waals surface area contributed by atoms with Crippen molar-refractivity contribution < 1.29 is 27.1 Å². The lowest BCUT2D eigenvalue weighted by Gasteiger charge is -2.27. The molecule has 1 aromatic heterocycles. The van der Waals surface area contributed by atoms with Gasteiger partial charge in [-0.25, -0.2) is 14.1 Å². The van der Waals surface area contributed by atoms with Gasteiger partial charge in [0.1, 0.15) is 22.3 Å². The summed E-state index contributed by atoms with van der Waals surface area (Å²) in [5, 5.41) is 0.533. The van der Waals surface area contributed by atoms with Gasteiger partial charge >= 0.3 is 10.2 Å². The summed E-state index contributed by atoms with van der Waals surface area (Å²) in [5.41, 5.74) is 1.27. The highest BCUT2D eigenvalue weighted by molar-refractivity contribution is 7.87. The van der Waals surface area contributed by atoms with E-state index in [9.17, 15) is 22.4 Å². The Labute approximate surface area is 238 Å². The number of benzene rings is 2. The molecule has 0 radical (unpaired) electrons. The summed E-state index contributed by atoms with van der Waals surface area (Å²) in [6.45, 7) is 2.31. The molecule has 0 atom stereocenters. The molecule has 0 saturated heterocycles. The first-order valence-corrected chi connectivity index (χ1v) is 15.1. The van der Waals surface area contributed by atoms with E-state index in [1.807, 2.05) is 29.0 Å². The van der Waals surface area contributed by atoms with Gasteiger partial charge in [-0.1, -0.05) is 24.3 Å². The van der Waals surface area contributed by atoms with Crippen molar-refractivity contribution in [3.8, 4) is 5.75 Å². The Morgan fingerprint density at radius 3 is 2.33 bits per heavy atom. The number of amides is 2. The van der Waals surface area contributed by atoms with Crippen LogP contribution in [-0.4, -0.2) is 62.2 Å². The molecule has 0 aliphatic heterocycles. The summed E-state index contributed by atoms with van der Waals surface area (Å²) in [6, 6.07) is 13.8. The second-order valence-corrected chi connectivity index (χ2v) is 13.2. The molecular weight excluding hydrogens is 555 g/mol. The van der Waals surface area contributed by atoms with Crippen LogP contribution in [-0.2, 0) is 33.4 Å². The Bertz CT molecular complexity index is 1470. The molecule has 1 N–H and O–H groups in total. The number of hydrogen-bond donors (Lipinski definition) is 1. The number of ether oxygens (including phenoxy) is 1. The van der Waals surface area contributed by atoms with E-state index in [4.69, 9.17) is 4.74 Å². The van der Waals surface area contributed by atoms with E-state index in [0.29, 0.717) is 35.0 Å². The topological polar surface area (TPSA) is 109 Å². The maximum absolute atomic E-state index is 14.0. The van der Waals surface area contributed by atoms with Gasteiger partial charge in [0.25, 0.3) is 5.91 Å². The Morgan fingerprint density at radius 2 is 1.75 bits per heavy atom. The fraction of sp³-hybridized carbons (Fsp3) is 0.393. The Morgan fingerprint density at radius 1 is 1.10 bits per heavy atom. The van der Waals surface area contributed by atoms with Crippen molar-refractivity contribution in [1.82, 2.24) is 18.9 Å². The first-order chi connectivity index (χ1) is 18.9. The molecule has 1 heterocycles. The zero-order valence-corrected chi connectivity index (χ0v) is 24.6. The number of nitrogens with zero attached hydrogens (tertiary/aromatic N) is 3. The maximum Gasteiger partial charge on any atom is 0.303 e. The first kappa shape index (κ1) is 29.6. The van der Waals surface area contributed by atoms with Gasteiger partial charge in [0.15, 0.2) is 0 Å². The summed E-state index contributed by atoms with van der Waals surface area (Å²) in [5.74, 6) is -0.429. The summed E-state index contributed by atoms with van der Waals surface area (Å²) in [4.78, 5) is 33.4. The van der Waals surface area contributed by atoms with E-state index >= 15 is 0 Å². The molecule has 2 aromatic carbocycles. The van der Waals surface area contributed by atoms with Crippen molar-refractivity contribution in [3.05, 3.63) is 81.1 Å². The van der Waals surface area contributed by atoms with Crippen molar-refractivity contribution in [3.63, 3.8) is 0 Å². The lowest BCUT2D eigenvalue weighted by atomic mass is 9.94. The van der Waals surface area contributed by atoms with Gasteiger partial charge in [-0.05, 0) is 68.0 Å². The second-order valence-electron chi connectivity index (χ2n) is 10.00. The van der Waals surface area contributed by atoms with Gasteiger partial charge in [-0.3, -0.25) is 9.59 Å². The molecule has 4 rings (SSSR count). The lowest BCUT2D eigenvalue weighted by Crippen LogP contribution is -2.40. The van der Waals surface area contributed by atoms with Crippen LogP contribution >= 0.6 is 11.3 Å². The van der Waals surface area contributed by atoms with Crippen molar-refractivity contribution in [2.45, 2.75) is 44.6 Å². The van der Waals surface area contributed by atoms with Crippen LogP contribution in [0.5, 0.6) is 5.75 Å². The van der Waals surface area contributed by atoms with E-state index in [-0.39, 0.29) is 24.0 Å². The molecule has 1 saturated carbocycles. The third kappa shape index (κ3) is 6.68. The number of nitrogens with one attached hydrogen (secondary N) is 1. The lowest BCUT2D eigenvalue weighted by molar-refractivity contribution is -0.134. The van der Waals surface area contributed by atoms with Gasteiger partial charge in [0.2, 0.25) is 5.91 Å². The maximum atomic E-state index is 14.0. The summed E-state index contributed by atoms with van der Waals surface area (Å²) in [6.07, 6.45) is 2.75. The van der Waals surface area contributed by atoms with E-state index < -0.39 is 21.5 Å². The SMILES string of the molecule is COc1ccc(C2(C(=O)N(CCCc3ccc(F)cc3)Cc3nc(C(=O)NS(=O)(=O)N(C)C)c(C)s3)CC2)cc1. The van der Waals surface area contributed by atoms with Crippen molar-refractivity contribution in [2.24, 2.45) is 0 Å². The molecular formula is C28H33FN4O5S2. The third-order valence-corrected chi connectivity index (χ3v) is 9.34. The summed E-state index contributed by atoms with van der Waals surface area (Å²) >= 11 is 1.25. The number of hydrogen-bond acceptors (Lipinski definition) is 7. The average Bonchev–Trinajstić information content (AvgIpc) is 3.65. The standard InChI is InChI=1S/C28H33FN4O5S2/c1-19-25(26(34)31-40(36,37)32(2)3)30-24(39-19)18-33(17-5-6-20-7-11-22(29)12-8-20)27(35)28(15-16-28)21-9-13-23(38-4)14-10-21/h7-14H,5-6,15-18H2,1-4H3,(H,31,34). The highest BCUT2D eigenvalue weighted by Gasteiger charge is 2.53. The van der Waals surface area contributed by atoms with Gasteiger partial charge in [-0.2, -0.15) is 12.7 Å². The van der Waals surface area contributed by atoms with Crippen LogP contribution in [0.15, 0.2) is 48.5 Å². The van der Waals surface area contributed by atoms with Gasteiger partial charge in [-0.15, -0.1) is 11.3 Å². The number of rotatable bonds is 12. The number of halogens is 1. The summed E-state index contributed by atoms with van der Waals surface area (Å²) in [7, 11) is 0.258. The minimum atomic E-state index is -3.98. The van der Waals surface area contributed by atoms with Crippen molar-refractivity contribution in [2.75, 3.05) is 27.7 Å². The molecule has 0 spiro atoms. The molecule has 2 amide bonds. The smallest absolute Gasteiger partial charge is 0.303 e. The number of thiazole rings is 1. The second kappa shape index (κ2) is 12.0. The minimum absolute atomic E-state index is 0.0143. The van der Waals surface area contributed by atoms with E-state index in [1.54, 1.807) is 31.1 Å². The molecule has 40 heavy (non-hydrogen) atoms. The zero-order valence-electron chi connectivity index (χ0n) is 22.9. The summed E-state index contributed by atoms with van der Waals surface area (Å²) < 4.78 is 45.8. The van der Waals surface area contributed by atoms with Crippen LogP contribution in [0.4, 0.5) is 4.39 Å². The largest absolute Gasteiger partial charge is 0.497 e. The molecule has 1 aliphatic carbocycles. The minimum Gasteiger partial charge on any atom is -0.497 e. The first-order valence-electron chi connectivity index (χ1n) is 12.8. The van der Waals surface area contributed by atoms with Crippen molar-refractivity contribution in [1.29, 1.82) is 0 Å². The molecule has 214 valence electrons. The quantitative estimate of drug-likeness (QED) is 0.345. The van der Waals surface area contributed by atoms with Crippen LogP contribution in [0, 0.1) is 12.7 Å². The zero-order chi connectivity index (χ0) is 29.1. The fourth-order valence-electron chi connectivity index (χ4n) is 4.49. The normalized spacial score (nSPS) is 14.2. The Kier molecular flexibility index (Phi) is 8.91. The fourth-order valence-corrected chi connectivity index (χ4v) is 5.95. The van der Waals surface area contributed by atoms with Crippen LogP contribution in [0.25, 0.3) is 0 Å². The third-order valence-electron chi connectivity index (χ3n) is 6.98. The highest BCUT2D eigenvalue weighted by atomic mass is 32.2.